The Morgan fingerprint density at radius 1 is 1.10 bits per heavy atom. The number of amides is 1. The first-order valence-corrected chi connectivity index (χ1v) is 6.50. The average Bonchev–Trinajstić information content (AvgIpc) is 2.45. The Labute approximate surface area is 120 Å². The van der Waals surface area contributed by atoms with E-state index in [-0.39, 0.29) is 12.4 Å². The summed E-state index contributed by atoms with van der Waals surface area (Å²) in [5.74, 6) is -1.56. The minimum Gasteiger partial charge on any atom is -0.307 e. The van der Waals surface area contributed by atoms with Crippen LogP contribution in [-0.2, 0) is 11.3 Å². The van der Waals surface area contributed by atoms with Gasteiger partial charge in [-0.2, -0.15) is 0 Å². The average molecular weight is 296 g/mol. The van der Waals surface area contributed by atoms with Crippen LogP contribution in [0.5, 0.6) is 0 Å². The van der Waals surface area contributed by atoms with Gasteiger partial charge in [0.1, 0.15) is 17.5 Å². The molecule has 0 aliphatic carbocycles. The van der Waals surface area contributed by atoms with E-state index >= 15 is 0 Å². The molecule has 0 saturated carbocycles. The van der Waals surface area contributed by atoms with Crippen LogP contribution in [0.15, 0.2) is 48.5 Å². The van der Waals surface area contributed by atoms with Gasteiger partial charge in [0.05, 0.1) is 6.54 Å². The lowest BCUT2D eigenvalue weighted by atomic mass is 10.2. The maximum Gasteiger partial charge on any atom is 0.242 e. The molecule has 0 N–H and O–H groups in total. The fourth-order valence-corrected chi connectivity index (χ4v) is 1.98. The molecule has 0 spiro atoms. The van der Waals surface area contributed by atoms with Gasteiger partial charge in [0, 0.05) is 11.3 Å². The van der Waals surface area contributed by atoms with Crippen molar-refractivity contribution in [1.82, 2.24) is 0 Å². The SMILES string of the molecule is O=C(CCl)N(Cc1ccccc1F)c1cccc(F)c1. The molecule has 0 bridgehead atoms. The molecule has 0 saturated heterocycles. The highest BCUT2D eigenvalue weighted by Gasteiger charge is 2.17. The second-order valence-corrected chi connectivity index (χ2v) is 4.45. The smallest absolute Gasteiger partial charge is 0.242 e. The first kappa shape index (κ1) is 14.5. The van der Waals surface area contributed by atoms with Crippen molar-refractivity contribution >= 4 is 23.2 Å². The number of rotatable bonds is 4. The molecule has 0 aromatic heterocycles. The van der Waals surface area contributed by atoms with Gasteiger partial charge in [0.2, 0.25) is 5.91 Å². The number of carbonyl (C=O) groups excluding carboxylic acids is 1. The number of benzene rings is 2. The molecule has 2 aromatic carbocycles. The van der Waals surface area contributed by atoms with Gasteiger partial charge < -0.3 is 4.90 Å². The maximum atomic E-state index is 13.7. The van der Waals surface area contributed by atoms with Gasteiger partial charge in [-0.1, -0.05) is 24.3 Å². The Hall–Kier alpha value is -1.94. The summed E-state index contributed by atoms with van der Waals surface area (Å²) in [7, 11) is 0. The van der Waals surface area contributed by atoms with Gasteiger partial charge in [-0.05, 0) is 24.3 Å². The van der Waals surface area contributed by atoms with E-state index in [1.54, 1.807) is 24.3 Å². The highest BCUT2D eigenvalue weighted by molar-refractivity contribution is 6.29. The van der Waals surface area contributed by atoms with E-state index in [1.165, 1.54) is 29.2 Å². The molecule has 0 aliphatic heterocycles. The molecule has 104 valence electrons. The van der Waals surface area contributed by atoms with Crippen molar-refractivity contribution in [3.05, 3.63) is 65.7 Å². The van der Waals surface area contributed by atoms with Crippen molar-refractivity contribution in [2.24, 2.45) is 0 Å². The third-order valence-corrected chi connectivity index (χ3v) is 3.05. The minimum atomic E-state index is -0.469. The van der Waals surface area contributed by atoms with E-state index in [1.807, 2.05) is 0 Å². The standard InChI is InChI=1S/C15H12ClF2NO/c16-9-15(20)19(13-6-3-5-12(17)8-13)10-11-4-1-2-7-14(11)18/h1-8H,9-10H2. The fraction of sp³-hybridized carbons (Fsp3) is 0.133. The topological polar surface area (TPSA) is 20.3 Å². The third kappa shape index (κ3) is 3.33. The molecule has 1 amide bonds. The lowest BCUT2D eigenvalue weighted by molar-refractivity contribution is -0.116. The van der Waals surface area contributed by atoms with E-state index in [9.17, 15) is 13.6 Å². The van der Waals surface area contributed by atoms with Gasteiger partial charge >= 0.3 is 0 Å². The summed E-state index contributed by atoms with van der Waals surface area (Å²) >= 11 is 5.56. The summed E-state index contributed by atoms with van der Waals surface area (Å²) in [6.07, 6.45) is 0. The number of alkyl halides is 1. The van der Waals surface area contributed by atoms with Crippen molar-refractivity contribution in [2.45, 2.75) is 6.54 Å². The van der Waals surface area contributed by atoms with Gasteiger partial charge in [0.15, 0.2) is 0 Å². The first-order valence-electron chi connectivity index (χ1n) is 5.97. The molecular formula is C15H12ClF2NO. The quantitative estimate of drug-likeness (QED) is 0.787. The molecule has 0 aliphatic rings. The molecule has 0 unspecified atom stereocenters. The largest absolute Gasteiger partial charge is 0.307 e. The Kier molecular flexibility index (Phi) is 4.69. The summed E-state index contributed by atoms with van der Waals surface area (Å²) in [6, 6.07) is 11.7. The molecule has 0 atom stereocenters. The number of carbonyl (C=O) groups is 1. The van der Waals surface area contributed by atoms with Gasteiger partial charge in [-0.15, -0.1) is 11.6 Å². The number of hydrogen-bond donors (Lipinski definition) is 0. The monoisotopic (exact) mass is 295 g/mol. The van der Waals surface area contributed by atoms with Crippen LogP contribution in [0.3, 0.4) is 0 Å². The van der Waals surface area contributed by atoms with Crippen molar-refractivity contribution < 1.29 is 13.6 Å². The van der Waals surface area contributed by atoms with E-state index < -0.39 is 17.5 Å². The summed E-state index contributed by atoms with van der Waals surface area (Å²) in [4.78, 5) is 13.1. The molecule has 2 aromatic rings. The molecule has 5 heteroatoms. The highest BCUT2D eigenvalue weighted by atomic mass is 35.5. The van der Waals surface area contributed by atoms with Crippen molar-refractivity contribution in [3.8, 4) is 0 Å². The van der Waals surface area contributed by atoms with E-state index in [0.717, 1.165) is 0 Å². The summed E-state index contributed by atoms with van der Waals surface area (Å²) in [5, 5.41) is 0. The summed E-state index contributed by atoms with van der Waals surface area (Å²) < 4.78 is 26.9. The van der Waals surface area contributed by atoms with Crippen LogP contribution >= 0.6 is 11.6 Å². The van der Waals surface area contributed by atoms with Crippen LogP contribution in [0.25, 0.3) is 0 Å². The van der Waals surface area contributed by atoms with Crippen LogP contribution < -0.4 is 4.90 Å². The van der Waals surface area contributed by atoms with Crippen molar-refractivity contribution in [1.29, 1.82) is 0 Å². The van der Waals surface area contributed by atoms with Crippen molar-refractivity contribution in [3.63, 3.8) is 0 Å². The Balaban J connectivity index is 2.34. The maximum absolute atomic E-state index is 13.7. The van der Waals surface area contributed by atoms with Crippen LogP contribution in [0.2, 0.25) is 0 Å². The fourth-order valence-electron chi connectivity index (χ4n) is 1.84. The number of halogens is 3. The third-order valence-electron chi connectivity index (χ3n) is 2.82. The first-order chi connectivity index (χ1) is 9.61. The highest BCUT2D eigenvalue weighted by Crippen LogP contribution is 2.20. The van der Waals surface area contributed by atoms with Crippen LogP contribution in [0.4, 0.5) is 14.5 Å². The van der Waals surface area contributed by atoms with Crippen LogP contribution in [-0.4, -0.2) is 11.8 Å². The normalized spacial score (nSPS) is 10.3. The predicted octanol–water partition coefficient (Wildman–Crippen LogP) is 3.74. The van der Waals surface area contributed by atoms with E-state index in [0.29, 0.717) is 11.3 Å². The molecule has 20 heavy (non-hydrogen) atoms. The molecule has 2 nitrogen and oxygen atoms in total. The zero-order chi connectivity index (χ0) is 14.5. The second-order valence-electron chi connectivity index (χ2n) is 4.18. The van der Waals surface area contributed by atoms with Gasteiger partial charge in [-0.25, -0.2) is 8.78 Å². The molecule has 0 heterocycles. The Bertz CT molecular complexity index is 618. The lowest BCUT2D eigenvalue weighted by Crippen LogP contribution is -2.31. The van der Waals surface area contributed by atoms with E-state index in [4.69, 9.17) is 11.6 Å². The lowest BCUT2D eigenvalue weighted by Gasteiger charge is -2.22. The zero-order valence-electron chi connectivity index (χ0n) is 10.5. The molecule has 0 radical (unpaired) electrons. The number of hydrogen-bond acceptors (Lipinski definition) is 1. The second kappa shape index (κ2) is 6.48. The molecular weight excluding hydrogens is 284 g/mol. The van der Waals surface area contributed by atoms with Gasteiger partial charge in [-0.3, -0.25) is 4.79 Å². The Morgan fingerprint density at radius 3 is 2.50 bits per heavy atom. The van der Waals surface area contributed by atoms with Crippen LogP contribution in [0, 0.1) is 11.6 Å². The minimum absolute atomic E-state index is 0.00167. The van der Waals surface area contributed by atoms with E-state index in [2.05, 4.69) is 0 Å². The number of nitrogens with zero attached hydrogens (tertiary/aromatic N) is 1. The number of anilines is 1. The predicted molar refractivity (Wildman–Crippen MR) is 74.7 cm³/mol. The van der Waals surface area contributed by atoms with Crippen molar-refractivity contribution in [2.75, 3.05) is 10.8 Å². The summed E-state index contributed by atoms with van der Waals surface area (Å²) in [6.45, 7) is 0.00167. The summed E-state index contributed by atoms with van der Waals surface area (Å²) in [5.41, 5.74) is 0.689. The van der Waals surface area contributed by atoms with Crippen LogP contribution in [0.1, 0.15) is 5.56 Å². The molecule has 2 rings (SSSR count). The Morgan fingerprint density at radius 2 is 1.85 bits per heavy atom. The van der Waals surface area contributed by atoms with Gasteiger partial charge in [0.25, 0.3) is 0 Å². The zero-order valence-corrected chi connectivity index (χ0v) is 11.3. The molecule has 0 fully saturated rings.